The SMILES string of the molecule is Cc1c(C(=O)Nc2ccc3c(c2)OC2(CCCCC2)O3)sc2nc3n(c(=O)c12)CCC3. The second-order valence-corrected chi connectivity index (χ2v) is 9.61. The van der Waals surface area contributed by atoms with Crippen molar-refractivity contribution in [1.82, 2.24) is 9.55 Å². The fourth-order valence-corrected chi connectivity index (χ4v) is 6.03. The molecule has 3 aliphatic rings. The molecule has 1 spiro atoms. The molecule has 0 radical (unpaired) electrons. The van der Waals surface area contributed by atoms with Crippen molar-refractivity contribution >= 4 is 33.1 Å². The van der Waals surface area contributed by atoms with Crippen LogP contribution < -0.4 is 20.3 Å². The summed E-state index contributed by atoms with van der Waals surface area (Å²) >= 11 is 1.28. The fraction of sp³-hybridized carbons (Fsp3) is 0.435. The van der Waals surface area contributed by atoms with Crippen LogP contribution in [0, 0.1) is 6.92 Å². The van der Waals surface area contributed by atoms with Crippen LogP contribution in [0.4, 0.5) is 5.69 Å². The molecule has 1 aliphatic carbocycles. The van der Waals surface area contributed by atoms with Gasteiger partial charge in [-0.05, 0) is 43.9 Å². The number of carbonyl (C=O) groups excluding carboxylic acids is 1. The van der Waals surface area contributed by atoms with Gasteiger partial charge in [-0.15, -0.1) is 11.3 Å². The third-order valence-electron chi connectivity index (χ3n) is 6.53. The van der Waals surface area contributed by atoms with E-state index in [2.05, 4.69) is 10.3 Å². The summed E-state index contributed by atoms with van der Waals surface area (Å²) in [7, 11) is 0. The summed E-state index contributed by atoms with van der Waals surface area (Å²) in [5.74, 6) is 1.43. The first-order valence-electron chi connectivity index (χ1n) is 10.9. The number of fused-ring (bicyclic) bond motifs is 3. The Morgan fingerprint density at radius 3 is 2.81 bits per heavy atom. The summed E-state index contributed by atoms with van der Waals surface area (Å²) in [6, 6.07) is 5.50. The van der Waals surface area contributed by atoms with Gasteiger partial charge in [0.15, 0.2) is 11.5 Å². The number of nitrogens with zero attached hydrogens (tertiary/aromatic N) is 2. The quantitative estimate of drug-likeness (QED) is 0.643. The lowest BCUT2D eigenvalue weighted by Gasteiger charge is -2.31. The highest BCUT2D eigenvalue weighted by molar-refractivity contribution is 7.20. The highest BCUT2D eigenvalue weighted by atomic mass is 32.1. The van der Waals surface area contributed by atoms with Gasteiger partial charge in [0, 0.05) is 37.6 Å². The Morgan fingerprint density at radius 1 is 1.16 bits per heavy atom. The van der Waals surface area contributed by atoms with Gasteiger partial charge < -0.3 is 14.8 Å². The molecule has 0 saturated heterocycles. The maximum Gasteiger partial charge on any atom is 0.266 e. The zero-order chi connectivity index (χ0) is 21.2. The molecule has 1 N–H and O–H groups in total. The van der Waals surface area contributed by atoms with Crippen molar-refractivity contribution in [1.29, 1.82) is 0 Å². The number of hydrogen-bond acceptors (Lipinski definition) is 6. The predicted molar refractivity (Wildman–Crippen MR) is 118 cm³/mol. The number of aryl methyl sites for hydroxylation is 2. The minimum absolute atomic E-state index is 0.0360. The van der Waals surface area contributed by atoms with E-state index in [1.165, 1.54) is 17.8 Å². The minimum Gasteiger partial charge on any atom is -0.448 e. The van der Waals surface area contributed by atoms with E-state index < -0.39 is 5.79 Å². The summed E-state index contributed by atoms with van der Waals surface area (Å²) in [5.41, 5.74) is 1.30. The molecule has 0 bridgehead atoms. The smallest absolute Gasteiger partial charge is 0.266 e. The summed E-state index contributed by atoms with van der Waals surface area (Å²) in [6.07, 6.45) is 6.93. The molecule has 8 heteroatoms. The molecule has 7 nitrogen and oxygen atoms in total. The van der Waals surface area contributed by atoms with Crippen LogP contribution in [0.25, 0.3) is 10.2 Å². The molecule has 160 valence electrons. The van der Waals surface area contributed by atoms with Crippen LogP contribution in [0.2, 0.25) is 0 Å². The molecule has 2 aliphatic heterocycles. The number of nitrogens with one attached hydrogen (secondary N) is 1. The van der Waals surface area contributed by atoms with E-state index in [0.29, 0.717) is 38.6 Å². The lowest BCUT2D eigenvalue weighted by atomic mass is 9.94. The molecule has 4 heterocycles. The first-order chi connectivity index (χ1) is 15.0. The molecule has 1 aromatic carbocycles. The highest BCUT2D eigenvalue weighted by Gasteiger charge is 2.42. The van der Waals surface area contributed by atoms with E-state index in [1.807, 2.05) is 25.1 Å². The Balaban J connectivity index is 1.28. The third kappa shape index (κ3) is 2.96. The summed E-state index contributed by atoms with van der Waals surface area (Å²) in [5, 5.41) is 3.52. The summed E-state index contributed by atoms with van der Waals surface area (Å²) in [4.78, 5) is 31.7. The van der Waals surface area contributed by atoms with Crippen LogP contribution in [0.5, 0.6) is 11.5 Å². The van der Waals surface area contributed by atoms with Gasteiger partial charge in [-0.3, -0.25) is 14.2 Å². The predicted octanol–water partition coefficient (Wildman–Crippen LogP) is 4.40. The molecule has 31 heavy (non-hydrogen) atoms. The second-order valence-electron chi connectivity index (χ2n) is 8.62. The molecule has 3 aromatic rings. The van der Waals surface area contributed by atoms with Crippen LogP contribution in [0.1, 0.15) is 59.6 Å². The Labute approximate surface area is 183 Å². The summed E-state index contributed by atoms with van der Waals surface area (Å²) < 4.78 is 14.0. The zero-order valence-electron chi connectivity index (χ0n) is 17.3. The minimum atomic E-state index is -0.542. The molecule has 0 atom stereocenters. The molecule has 6 rings (SSSR count). The van der Waals surface area contributed by atoms with Gasteiger partial charge in [0.2, 0.25) is 0 Å². The van der Waals surface area contributed by atoms with Gasteiger partial charge in [0.1, 0.15) is 10.7 Å². The Bertz CT molecular complexity index is 1290. The monoisotopic (exact) mass is 437 g/mol. The van der Waals surface area contributed by atoms with Crippen LogP contribution in [-0.2, 0) is 13.0 Å². The maximum absolute atomic E-state index is 13.1. The molecular weight excluding hydrogens is 414 g/mol. The molecule has 2 aromatic heterocycles. The standard InChI is InChI=1S/C23H23N3O4S/c1-13-18-21(25-17-6-5-11-26(17)22(18)28)31-19(13)20(27)24-14-7-8-15-16(12-14)30-23(29-15)9-3-2-4-10-23/h7-8,12H,2-6,9-11H2,1H3,(H,24,27). The molecule has 0 unspecified atom stereocenters. The van der Waals surface area contributed by atoms with Crippen molar-refractivity contribution in [3.05, 3.63) is 44.8 Å². The topological polar surface area (TPSA) is 82.4 Å². The average Bonchev–Trinajstić information content (AvgIpc) is 3.44. The number of hydrogen-bond donors (Lipinski definition) is 1. The van der Waals surface area contributed by atoms with Crippen molar-refractivity contribution in [2.45, 2.75) is 64.2 Å². The number of rotatable bonds is 2. The largest absolute Gasteiger partial charge is 0.448 e. The first kappa shape index (κ1) is 18.9. The van der Waals surface area contributed by atoms with Gasteiger partial charge in [-0.1, -0.05) is 6.42 Å². The maximum atomic E-state index is 13.1. The van der Waals surface area contributed by atoms with Crippen molar-refractivity contribution in [3.63, 3.8) is 0 Å². The van der Waals surface area contributed by atoms with Crippen molar-refractivity contribution in [2.75, 3.05) is 5.32 Å². The van der Waals surface area contributed by atoms with Gasteiger partial charge in [0.05, 0.1) is 10.3 Å². The van der Waals surface area contributed by atoms with Gasteiger partial charge in [-0.2, -0.15) is 0 Å². The highest BCUT2D eigenvalue weighted by Crippen LogP contribution is 2.46. The fourth-order valence-electron chi connectivity index (χ4n) is 4.95. The van der Waals surface area contributed by atoms with Crippen molar-refractivity contribution in [2.24, 2.45) is 0 Å². The van der Waals surface area contributed by atoms with Crippen LogP contribution >= 0.6 is 11.3 Å². The van der Waals surface area contributed by atoms with E-state index in [-0.39, 0.29) is 11.5 Å². The number of thiophene rings is 1. The molecule has 1 amide bonds. The molecule has 1 saturated carbocycles. The number of benzene rings is 1. The normalized spacial score (nSPS) is 18.5. The third-order valence-corrected chi connectivity index (χ3v) is 7.71. The Hall–Kier alpha value is -2.87. The number of carbonyl (C=O) groups is 1. The Kier molecular flexibility index (Phi) is 4.15. The van der Waals surface area contributed by atoms with E-state index in [9.17, 15) is 9.59 Å². The van der Waals surface area contributed by atoms with E-state index in [0.717, 1.165) is 50.1 Å². The number of anilines is 1. The zero-order valence-corrected chi connectivity index (χ0v) is 18.1. The van der Waals surface area contributed by atoms with E-state index in [4.69, 9.17) is 9.47 Å². The number of ether oxygens (including phenoxy) is 2. The number of aromatic nitrogens is 2. The summed E-state index contributed by atoms with van der Waals surface area (Å²) in [6.45, 7) is 2.53. The average molecular weight is 438 g/mol. The van der Waals surface area contributed by atoms with Crippen molar-refractivity contribution < 1.29 is 14.3 Å². The number of amides is 1. The lowest BCUT2D eigenvalue weighted by Crippen LogP contribution is -2.40. The molecular formula is C23H23N3O4S. The lowest BCUT2D eigenvalue weighted by molar-refractivity contribution is -0.105. The molecule has 1 fully saturated rings. The van der Waals surface area contributed by atoms with Gasteiger partial charge in [-0.25, -0.2) is 4.98 Å². The van der Waals surface area contributed by atoms with Gasteiger partial charge in [0.25, 0.3) is 17.3 Å². The van der Waals surface area contributed by atoms with E-state index >= 15 is 0 Å². The van der Waals surface area contributed by atoms with E-state index in [1.54, 1.807) is 4.57 Å². The second kappa shape index (κ2) is 6.82. The van der Waals surface area contributed by atoms with Crippen molar-refractivity contribution in [3.8, 4) is 11.5 Å². The Morgan fingerprint density at radius 2 is 1.97 bits per heavy atom. The van der Waals surface area contributed by atoms with Crippen LogP contribution in [-0.4, -0.2) is 21.2 Å². The first-order valence-corrected chi connectivity index (χ1v) is 11.7. The van der Waals surface area contributed by atoms with Crippen LogP contribution in [0.15, 0.2) is 23.0 Å². The van der Waals surface area contributed by atoms with Crippen LogP contribution in [0.3, 0.4) is 0 Å². The van der Waals surface area contributed by atoms with Gasteiger partial charge >= 0.3 is 0 Å².